The Labute approximate surface area is 93.5 Å². The lowest BCUT2D eigenvalue weighted by molar-refractivity contribution is -0.131. The van der Waals surface area contributed by atoms with E-state index in [0.29, 0.717) is 6.54 Å². The average Bonchev–Trinajstić information content (AvgIpc) is 2.15. The first-order valence-corrected chi connectivity index (χ1v) is 5.66. The monoisotopic (exact) mass is 260 g/mol. The smallest absolute Gasteiger partial charge is 0.226 e. The van der Waals surface area contributed by atoms with E-state index in [4.69, 9.17) is 0 Å². The molecule has 0 aromatic heterocycles. The van der Waals surface area contributed by atoms with Crippen LogP contribution in [0.25, 0.3) is 0 Å². The minimum absolute atomic E-state index is 0.139. The first-order chi connectivity index (χ1) is 6.54. The number of nitrogens with one attached hydrogen (secondary N) is 2. The first-order valence-electron chi connectivity index (χ1n) is 4.87. The van der Waals surface area contributed by atoms with Crippen molar-refractivity contribution in [3.8, 4) is 0 Å². The molecule has 0 atom stereocenters. The van der Waals surface area contributed by atoms with Crippen LogP contribution < -0.4 is 10.6 Å². The van der Waals surface area contributed by atoms with Gasteiger partial charge in [-0.05, 0) is 25.9 Å². The van der Waals surface area contributed by atoms with Crippen molar-refractivity contribution in [2.45, 2.75) is 19.8 Å². The molecule has 0 radical (unpaired) electrons. The molecule has 14 heavy (non-hydrogen) atoms. The number of carbonyl (C=O) groups excluding carboxylic acids is 1. The molecule has 0 bridgehead atoms. The number of halogens is 1. The Bertz CT molecular complexity index is 234. The third kappa shape index (κ3) is 3.10. The second-order valence-electron chi connectivity index (χ2n) is 4.01. The van der Waals surface area contributed by atoms with Crippen molar-refractivity contribution >= 4 is 21.8 Å². The van der Waals surface area contributed by atoms with Crippen molar-refractivity contribution in [1.82, 2.24) is 10.6 Å². The molecular formula is C10H17BrN2O. The molecule has 1 saturated heterocycles. The van der Waals surface area contributed by atoms with Gasteiger partial charge in [-0.25, -0.2) is 0 Å². The molecule has 3 nitrogen and oxygen atoms in total. The van der Waals surface area contributed by atoms with Crippen molar-refractivity contribution < 1.29 is 4.79 Å². The summed E-state index contributed by atoms with van der Waals surface area (Å²) in [6, 6.07) is 0. The number of carbonyl (C=O) groups is 1. The van der Waals surface area contributed by atoms with Crippen molar-refractivity contribution in [1.29, 1.82) is 0 Å². The van der Waals surface area contributed by atoms with Gasteiger partial charge in [0.25, 0.3) is 0 Å². The Kier molecular flexibility index (Phi) is 4.13. The topological polar surface area (TPSA) is 41.1 Å². The maximum Gasteiger partial charge on any atom is 0.226 e. The second-order valence-corrected chi connectivity index (χ2v) is 5.13. The standard InChI is InChI=1S/C10H17BrN2O/c1-8(11)7-13-9(14)10(2)3-5-12-6-4-10/h12H,1,3-7H2,2H3,(H,13,14). The summed E-state index contributed by atoms with van der Waals surface area (Å²) in [6.45, 7) is 8.09. The van der Waals surface area contributed by atoms with E-state index in [1.54, 1.807) is 0 Å². The quantitative estimate of drug-likeness (QED) is 0.806. The van der Waals surface area contributed by atoms with Crippen LogP contribution in [0, 0.1) is 5.41 Å². The lowest BCUT2D eigenvalue weighted by Crippen LogP contribution is -2.46. The van der Waals surface area contributed by atoms with E-state index in [0.717, 1.165) is 30.4 Å². The van der Waals surface area contributed by atoms with Gasteiger partial charge in [0.2, 0.25) is 5.91 Å². The van der Waals surface area contributed by atoms with Gasteiger partial charge in [0, 0.05) is 16.4 Å². The van der Waals surface area contributed by atoms with Gasteiger partial charge in [0.15, 0.2) is 0 Å². The lowest BCUT2D eigenvalue weighted by atomic mass is 9.80. The second kappa shape index (κ2) is 4.94. The first kappa shape index (κ1) is 11.7. The summed E-state index contributed by atoms with van der Waals surface area (Å²) in [5.41, 5.74) is -0.201. The highest BCUT2D eigenvalue weighted by Gasteiger charge is 2.34. The van der Waals surface area contributed by atoms with Gasteiger partial charge in [0.05, 0.1) is 0 Å². The van der Waals surface area contributed by atoms with E-state index in [-0.39, 0.29) is 11.3 Å². The van der Waals surface area contributed by atoms with Crippen molar-refractivity contribution in [2.24, 2.45) is 5.41 Å². The molecular weight excluding hydrogens is 244 g/mol. The molecule has 0 aromatic carbocycles. The molecule has 0 aromatic rings. The minimum Gasteiger partial charge on any atom is -0.351 e. The van der Waals surface area contributed by atoms with Gasteiger partial charge in [-0.3, -0.25) is 4.79 Å². The summed E-state index contributed by atoms with van der Waals surface area (Å²) in [5, 5.41) is 6.13. The molecule has 1 amide bonds. The minimum atomic E-state index is -0.201. The van der Waals surface area contributed by atoms with E-state index in [9.17, 15) is 4.79 Å². The van der Waals surface area contributed by atoms with E-state index in [1.165, 1.54) is 0 Å². The van der Waals surface area contributed by atoms with Gasteiger partial charge in [-0.1, -0.05) is 29.4 Å². The highest BCUT2D eigenvalue weighted by molar-refractivity contribution is 9.11. The van der Waals surface area contributed by atoms with E-state index < -0.39 is 0 Å². The summed E-state index contributed by atoms with van der Waals surface area (Å²) in [4.78, 5) is 11.8. The third-order valence-corrected chi connectivity index (χ3v) is 2.98. The molecule has 2 N–H and O–H groups in total. The summed E-state index contributed by atoms with van der Waals surface area (Å²) >= 11 is 3.22. The summed E-state index contributed by atoms with van der Waals surface area (Å²) in [5.74, 6) is 0.139. The predicted molar refractivity (Wildman–Crippen MR) is 61.3 cm³/mol. The molecule has 0 spiro atoms. The maximum atomic E-state index is 11.8. The van der Waals surface area contributed by atoms with Crippen LogP contribution in [0.2, 0.25) is 0 Å². The van der Waals surface area contributed by atoms with Crippen LogP contribution in [0.15, 0.2) is 11.1 Å². The largest absolute Gasteiger partial charge is 0.351 e. The molecule has 1 heterocycles. The highest BCUT2D eigenvalue weighted by Crippen LogP contribution is 2.27. The molecule has 0 aliphatic carbocycles. The maximum absolute atomic E-state index is 11.8. The third-order valence-electron chi connectivity index (χ3n) is 2.70. The van der Waals surface area contributed by atoms with Crippen molar-refractivity contribution in [2.75, 3.05) is 19.6 Å². The number of amides is 1. The van der Waals surface area contributed by atoms with Crippen LogP contribution >= 0.6 is 15.9 Å². The number of hydrogen-bond donors (Lipinski definition) is 2. The summed E-state index contributed by atoms with van der Waals surface area (Å²) < 4.78 is 0.809. The zero-order valence-corrected chi connectivity index (χ0v) is 10.1. The fraction of sp³-hybridized carbons (Fsp3) is 0.700. The fourth-order valence-electron chi connectivity index (χ4n) is 1.60. The van der Waals surface area contributed by atoms with E-state index in [2.05, 4.69) is 33.1 Å². The molecule has 1 aliphatic rings. The Balaban J connectivity index is 2.45. The fourth-order valence-corrected chi connectivity index (χ4v) is 1.74. The zero-order chi connectivity index (χ0) is 10.6. The normalized spacial score (nSPS) is 20.1. The Hall–Kier alpha value is -0.350. The molecule has 1 fully saturated rings. The highest BCUT2D eigenvalue weighted by atomic mass is 79.9. The van der Waals surface area contributed by atoms with Gasteiger partial charge >= 0.3 is 0 Å². The SMILES string of the molecule is C=C(Br)CNC(=O)C1(C)CCNCC1. The number of piperidine rings is 1. The van der Waals surface area contributed by atoms with Crippen LogP contribution in [-0.2, 0) is 4.79 Å². The van der Waals surface area contributed by atoms with Crippen LogP contribution in [0.3, 0.4) is 0 Å². The van der Waals surface area contributed by atoms with Crippen LogP contribution in [0.4, 0.5) is 0 Å². The molecule has 0 saturated carbocycles. The van der Waals surface area contributed by atoms with Crippen LogP contribution in [0.5, 0.6) is 0 Å². The van der Waals surface area contributed by atoms with Gasteiger partial charge < -0.3 is 10.6 Å². The molecule has 4 heteroatoms. The van der Waals surface area contributed by atoms with Crippen molar-refractivity contribution in [3.05, 3.63) is 11.1 Å². The predicted octanol–water partition coefficient (Wildman–Crippen LogP) is 1.40. The van der Waals surface area contributed by atoms with Gasteiger partial charge in [0.1, 0.15) is 0 Å². The number of rotatable bonds is 3. The number of hydrogen-bond acceptors (Lipinski definition) is 2. The van der Waals surface area contributed by atoms with Crippen molar-refractivity contribution in [3.63, 3.8) is 0 Å². The van der Waals surface area contributed by atoms with Gasteiger partial charge in [-0.2, -0.15) is 0 Å². The molecule has 80 valence electrons. The molecule has 1 rings (SSSR count). The Morgan fingerprint density at radius 3 is 2.64 bits per heavy atom. The van der Waals surface area contributed by atoms with E-state index in [1.807, 2.05) is 6.92 Å². The van der Waals surface area contributed by atoms with E-state index >= 15 is 0 Å². The van der Waals surface area contributed by atoms with Crippen LogP contribution in [-0.4, -0.2) is 25.5 Å². The molecule has 0 unspecified atom stereocenters. The lowest BCUT2D eigenvalue weighted by Gasteiger charge is -2.32. The zero-order valence-electron chi connectivity index (χ0n) is 8.53. The van der Waals surface area contributed by atoms with Gasteiger partial charge in [-0.15, -0.1) is 0 Å². The Morgan fingerprint density at radius 2 is 2.14 bits per heavy atom. The summed E-state index contributed by atoms with van der Waals surface area (Å²) in [6.07, 6.45) is 1.82. The summed E-state index contributed by atoms with van der Waals surface area (Å²) in [7, 11) is 0. The Morgan fingerprint density at radius 1 is 1.57 bits per heavy atom. The molecule has 1 aliphatic heterocycles. The van der Waals surface area contributed by atoms with Crippen LogP contribution in [0.1, 0.15) is 19.8 Å². The average molecular weight is 261 g/mol.